The maximum atomic E-state index is 12.8. The van der Waals surface area contributed by atoms with Crippen LogP contribution < -0.4 is 5.32 Å². The van der Waals surface area contributed by atoms with E-state index in [1.807, 2.05) is 6.92 Å². The average Bonchev–Trinajstić information content (AvgIpc) is 2.47. The van der Waals surface area contributed by atoms with Crippen LogP contribution in [0, 0.1) is 12.7 Å². The summed E-state index contributed by atoms with van der Waals surface area (Å²) in [6.45, 7) is 1.83. The van der Waals surface area contributed by atoms with Crippen molar-refractivity contribution >= 4 is 46.6 Å². The van der Waals surface area contributed by atoms with Crippen LogP contribution in [-0.4, -0.2) is 11.7 Å². The van der Waals surface area contributed by atoms with Gasteiger partial charge >= 0.3 is 0 Å². The summed E-state index contributed by atoms with van der Waals surface area (Å²) in [5, 5.41) is 3.53. The fraction of sp³-hybridized carbons (Fsp3) is 0.133. The van der Waals surface area contributed by atoms with Crippen LogP contribution in [0.2, 0.25) is 10.0 Å². The minimum Gasteiger partial charge on any atom is -0.323 e. The molecule has 0 aliphatic carbocycles. The lowest BCUT2D eigenvalue weighted by Crippen LogP contribution is -2.14. The van der Waals surface area contributed by atoms with E-state index in [9.17, 15) is 9.18 Å². The van der Waals surface area contributed by atoms with Crippen LogP contribution in [0.1, 0.15) is 5.56 Å². The number of amides is 1. The molecule has 0 saturated heterocycles. The number of aryl methyl sites for hydroxylation is 1. The Labute approximate surface area is 136 Å². The van der Waals surface area contributed by atoms with Crippen molar-refractivity contribution in [3.05, 3.63) is 57.8 Å². The summed E-state index contributed by atoms with van der Waals surface area (Å²) in [4.78, 5) is 12.8. The maximum Gasteiger partial charge on any atom is 0.234 e. The first-order valence-corrected chi connectivity index (χ1v) is 7.84. The number of hydrogen-bond donors (Lipinski definition) is 1. The second-order valence-electron chi connectivity index (χ2n) is 4.34. The summed E-state index contributed by atoms with van der Waals surface area (Å²) in [6.07, 6.45) is 0. The van der Waals surface area contributed by atoms with Gasteiger partial charge in [0, 0.05) is 4.90 Å². The minimum absolute atomic E-state index is 0.187. The zero-order valence-electron chi connectivity index (χ0n) is 11.1. The van der Waals surface area contributed by atoms with E-state index >= 15 is 0 Å². The summed E-state index contributed by atoms with van der Waals surface area (Å²) in [6, 6.07) is 9.43. The molecule has 0 bridgehead atoms. The Morgan fingerprint density at radius 1 is 1.19 bits per heavy atom. The molecule has 0 unspecified atom stereocenters. The van der Waals surface area contributed by atoms with Crippen LogP contribution in [0.3, 0.4) is 0 Å². The first kappa shape index (κ1) is 16.1. The lowest BCUT2D eigenvalue weighted by Gasteiger charge is -2.11. The lowest BCUT2D eigenvalue weighted by molar-refractivity contribution is -0.113. The van der Waals surface area contributed by atoms with Gasteiger partial charge in [-0.25, -0.2) is 4.39 Å². The molecule has 110 valence electrons. The van der Waals surface area contributed by atoms with Crippen molar-refractivity contribution in [1.29, 1.82) is 0 Å². The third-order valence-corrected chi connectivity index (χ3v) is 4.55. The first-order chi connectivity index (χ1) is 9.97. The van der Waals surface area contributed by atoms with E-state index < -0.39 is 0 Å². The average molecular weight is 344 g/mol. The maximum absolute atomic E-state index is 12.8. The number of carbonyl (C=O) groups is 1. The third kappa shape index (κ3) is 4.37. The van der Waals surface area contributed by atoms with Crippen molar-refractivity contribution in [3.8, 4) is 0 Å². The lowest BCUT2D eigenvalue weighted by atomic mass is 10.2. The zero-order valence-corrected chi connectivity index (χ0v) is 13.4. The topological polar surface area (TPSA) is 29.1 Å². The van der Waals surface area contributed by atoms with Crippen molar-refractivity contribution in [2.45, 2.75) is 11.8 Å². The molecular formula is C15H12Cl2FNOS. The van der Waals surface area contributed by atoms with Gasteiger partial charge in [0.25, 0.3) is 0 Å². The number of benzene rings is 2. The van der Waals surface area contributed by atoms with Gasteiger partial charge < -0.3 is 5.32 Å². The zero-order chi connectivity index (χ0) is 15.4. The van der Waals surface area contributed by atoms with E-state index in [0.717, 1.165) is 10.5 Å². The molecular weight excluding hydrogens is 332 g/mol. The molecule has 1 amide bonds. The highest BCUT2D eigenvalue weighted by molar-refractivity contribution is 8.00. The molecule has 2 nitrogen and oxygen atoms in total. The largest absolute Gasteiger partial charge is 0.323 e. The monoisotopic (exact) mass is 343 g/mol. The van der Waals surface area contributed by atoms with Crippen LogP contribution in [0.25, 0.3) is 0 Å². The van der Waals surface area contributed by atoms with E-state index in [-0.39, 0.29) is 17.5 Å². The van der Waals surface area contributed by atoms with Gasteiger partial charge in [0.15, 0.2) is 0 Å². The molecule has 0 saturated carbocycles. The molecule has 0 spiro atoms. The number of rotatable bonds is 4. The fourth-order valence-corrected chi connectivity index (χ4v) is 2.79. The number of hydrogen-bond acceptors (Lipinski definition) is 2. The van der Waals surface area contributed by atoms with E-state index in [2.05, 4.69) is 5.32 Å². The molecule has 0 atom stereocenters. The molecule has 0 fully saturated rings. The Morgan fingerprint density at radius 2 is 1.86 bits per heavy atom. The van der Waals surface area contributed by atoms with Crippen molar-refractivity contribution in [3.63, 3.8) is 0 Å². The Morgan fingerprint density at radius 3 is 2.52 bits per heavy atom. The smallest absolute Gasteiger partial charge is 0.234 e. The van der Waals surface area contributed by atoms with Crippen LogP contribution in [0.4, 0.5) is 10.1 Å². The van der Waals surface area contributed by atoms with E-state index in [1.54, 1.807) is 24.3 Å². The highest BCUT2D eigenvalue weighted by atomic mass is 35.5. The molecule has 6 heteroatoms. The quantitative estimate of drug-likeness (QED) is 0.775. The number of thioether (sulfide) groups is 1. The second-order valence-corrected chi connectivity index (χ2v) is 6.18. The fourth-order valence-electron chi connectivity index (χ4n) is 1.63. The van der Waals surface area contributed by atoms with Gasteiger partial charge in [0.05, 0.1) is 21.5 Å². The number of nitrogens with one attached hydrogen (secondary N) is 1. The molecule has 2 rings (SSSR count). The molecule has 1 N–H and O–H groups in total. The Bertz CT molecular complexity index is 661. The minimum atomic E-state index is -0.304. The summed E-state index contributed by atoms with van der Waals surface area (Å²) in [7, 11) is 0. The number of anilines is 1. The summed E-state index contributed by atoms with van der Waals surface area (Å²) in [5.41, 5.74) is 1.26. The standard InChI is InChI=1S/C15H12Cl2FNOS/c1-9-2-7-12(16)15(14(9)17)19-13(20)8-21-11-5-3-10(18)4-6-11/h2-7H,8H2,1H3,(H,19,20). The van der Waals surface area contributed by atoms with Crippen LogP contribution in [0.5, 0.6) is 0 Å². The van der Waals surface area contributed by atoms with Crippen LogP contribution in [-0.2, 0) is 4.79 Å². The SMILES string of the molecule is Cc1ccc(Cl)c(NC(=O)CSc2ccc(F)cc2)c1Cl. The van der Waals surface area contributed by atoms with Crippen LogP contribution in [0.15, 0.2) is 41.3 Å². The highest BCUT2D eigenvalue weighted by Crippen LogP contribution is 2.33. The van der Waals surface area contributed by atoms with E-state index in [4.69, 9.17) is 23.2 Å². The summed E-state index contributed by atoms with van der Waals surface area (Å²) < 4.78 is 12.8. The Balaban J connectivity index is 1.99. The summed E-state index contributed by atoms with van der Waals surface area (Å²) in [5.74, 6) is -0.340. The molecule has 21 heavy (non-hydrogen) atoms. The van der Waals surface area contributed by atoms with E-state index in [0.29, 0.717) is 15.7 Å². The molecule has 0 aliphatic rings. The normalized spacial score (nSPS) is 10.5. The molecule has 0 radical (unpaired) electrons. The first-order valence-electron chi connectivity index (χ1n) is 6.10. The molecule has 0 aliphatic heterocycles. The van der Waals surface area contributed by atoms with Crippen molar-refractivity contribution in [1.82, 2.24) is 0 Å². The van der Waals surface area contributed by atoms with Gasteiger partial charge in [0.2, 0.25) is 5.91 Å². The number of halogens is 3. The van der Waals surface area contributed by atoms with E-state index in [1.165, 1.54) is 23.9 Å². The third-order valence-electron chi connectivity index (χ3n) is 2.73. The van der Waals surface area contributed by atoms with Gasteiger partial charge in [-0.2, -0.15) is 0 Å². The van der Waals surface area contributed by atoms with Crippen molar-refractivity contribution in [2.24, 2.45) is 0 Å². The molecule has 0 heterocycles. The second kappa shape index (κ2) is 7.16. The summed E-state index contributed by atoms with van der Waals surface area (Å²) >= 11 is 13.5. The van der Waals surface area contributed by atoms with Gasteiger partial charge in [0.1, 0.15) is 5.82 Å². The van der Waals surface area contributed by atoms with Crippen molar-refractivity contribution < 1.29 is 9.18 Å². The van der Waals surface area contributed by atoms with Gasteiger partial charge in [-0.3, -0.25) is 4.79 Å². The molecule has 2 aromatic carbocycles. The van der Waals surface area contributed by atoms with Crippen molar-refractivity contribution in [2.75, 3.05) is 11.1 Å². The molecule has 0 aromatic heterocycles. The van der Waals surface area contributed by atoms with Gasteiger partial charge in [-0.05, 0) is 42.8 Å². The van der Waals surface area contributed by atoms with Crippen LogP contribution >= 0.6 is 35.0 Å². The Kier molecular flexibility index (Phi) is 5.51. The molecule has 2 aromatic rings. The Hall–Kier alpha value is -1.23. The predicted octanol–water partition coefficient (Wildman–Crippen LogP) is 5.17. The number of carbonyl (C=O) groups excluding carboxylic acids is 1. The highest BCUT2D eigenvalue weighted by Gasteiger charge is 2.12. The van der Waals surface area contributed by atoms with Gasteiger partial charge in [-0.1, -0.05) is 29.3 Å². The van der Waals surface area contributed by atoms with Gasteiger partial charge in [-0.15, -0.1) is 11.8 Å². The predicted molar refractivity (Wildman–Crippen MR) is 87.0 cm³/mol.